The monoisotopic (exact) mass is 212 g/mol. The molecule has 3 heteroatoms. The van der Waals surface area contributed by atoms with Gasteiger partial charge in [-0.1, -0.05) is 37.3 Å². The molecule has 0 N–H and O–H groups in total. The first-order chi connectivity index (χ1) is 6.42. The first-order valence-corrected chi connectivity index (χ1v) is 6.35. The molecule has 0 heterocycles. The number of rotatable bonds is 3. The van der Waals surface area contributed by atoms with Gasteiger partial charge in [-0.15, -0.1) is 0 Å². The predicted molar refractivity (Wildman–Crippen MR) is 58.9 cm³/mol. The van der Waals surface area contributed by atoms with Crippen LogP contribution in [0.15, 0.2) is 30.3 Å². The van der Waals surface area contributed by atoms with E-state index < -0.39 is 14.6 Å². The van der Waals surface area contributed by atoms with Crippen molar-refractivity contribution in [3.05, 3.63) is 35.9 Å². The second-order valence-corrected chi connectivity index (χ2v) is 6.61. The first-order valence-electron chi connectivity index (χ1n) is 4.69. The average molecular weight is 212 g/mol. The van der Waals surface area contributed by atoms with Crippen molar-refractivity contribution in [3.63, 3.8) is 0 Å². The number of sulfone groups is 1. The summed E-state index contributed by atoms with van der Waals surface area (Å²) in [7, 11) is -3.05. The number of benzene rings is 1. The lowest BCUT2D eigenvalue weighted by Crippen LogP contribution is -2.30. The van der Waals surface area contributed by atoms with Gasteiger partial charge in [0, 0.05) is 5.75 Å². The smallest absolute Gasteiger partial charge is 0.159 e. The van der Waals surface area contributed by atoms with Crippen molar-refractivity contribution in [1.29, 1.82) is 0 Å². The van der Waals surface area contributed by atoms with E-state index >= 15 is 0 Å². The molecule has 0 aliphatic heterocycles. The molecule has 2 nitrogen and oxygen atoms in total. The predicted octanol–water partition coefficient (Wildman–Crippen LogP) is 2.36. The Balaban J connectivity index is 3.22. The quantitative estimate of drug-likeness (QED) is 0.770. The zero-order valence-electron chi connectivity index (χ0n) is 8.82. The van der Waals surface area contributed by atoms with Crippen molar-refractivity contribution < 1.29 is 8.42 Å². The van der Waals surface area contributed by atoms with Gasteiger partial charge >= 0.3 is 0 Å². The molecule has 0 spiro atoms. The maximum atomic E-state index is 11.8. The van der Waals surface area contributed by atoms with Gasteiger partial charge in [0.1, 0.15) is 0 Å². The molecule has 0 amide bonds. The SMILES string of the molecule is CCS(=O)(=O)C(C)(C)c1ccccc1. The Bertz CT molecular complexity index is 391. The topological polar surface area (TPSA) is 34.1 Å². The Labute approximate surface area is 85.9 Å². The third-order valence-corrected chi connectivity index (χ3v) is 5.18. The molecular formula is C11H16O2S. The maximum absolute atomic E-state index is 11.8. The fourth-order valence-corrected chi connectivity index (χ4v) is 2.60. The highest BCUT2D eigenvalue weighted by Crippen LogP contribution is 2.29. The van der Waals surface area contributed by atoms with Gasteiger partial charge in [0.2, 0.25) is 0 Å². The van der Waals surface area contributed by atoms with E-state index in [2.05, 4.69) is 0 Å². The summed E-state index contributed by atoms with van der Waals surface area (Å²) in [5.41, 5.74) is 0.849. The van der Waals surface area contributed by atoms with E-state index in [1.54, 1.807) is 20.8 Å². The highest BCUT2D eigenvalue weighted by molar-refractivity contribution is 7.92. The van der Waals surface area contributed by atoms with E-state index in [0.29, 0.717) is 0 Å². The Hall–Kier alpha value is -0.830. The molecule has 0 saturated heterocycles. The van der Waals surface area contributed by atoms with E-state index in [-0.39, 0.29) is 5.75 Å². The molecule has 0 unspecified atom stereocenters. The Morgan fingerprint density at radius 1 is 1.14 bits per heavy atom. The normalized spacial score (nSPS) is 12.8. The molecule has 0 saturated carbocycles. The number of hydrogen-bond acceptors (Lipinski definition) is 2. The van der Waals surface area contributed by atoms with Crippen LogP contribution >= 0.6 is 0 Å². The van der Waals surface area contributed by atoms with Gasteiger partial charge in [0.25, 0.3) is 0 Å². The molecule has 78 valence electrons. The van der Waals surface area contributed by atoms with Crippen LogP contribution < -0.4 is 0 Å². The maximum Gasteiger partial charge on any atom is 0.159 e. The standard InChI is InChI=1S/C11H16O2S/c1-4-14(12,13)11(2,3)10-8-6-5-7-9-10/h5-9H,4H2,1-3H3. The third-order valence-electron chi connectivity index (χ3n) is 2.63. The summed E-state index contributed by atoms with van der Waals surface area (Å²) >= 11 is 0. The van der Waals surface area contributed by atoms with Crippen LogP contribution in [0.2, 0.25) is 0 Å². The molecule has 1 rings (SSSR count). The van der Waals surface area contributed by atoms with Crippen molar-refractivity contribution in [2.75, 3.05) is 5.75 Å². The van der Waals surface area contributed by atoms with Gasteiger partial charge in [0.15, 0.2) is 9.84 Å². The highest BCUT2D eigenvalue weighted by atomic mass is 32.2. The van der Waals surface area contributed by atoms with Crippen molar-refractivity contribution in [2.24, 2.45) is 0 Å². The van der Waals surface area contributed by atoms with Crippen LogP contribution in [0.4, 0.5) is 0 Å². The third kappa shape index (κ3) is 1.82. The van der Waals surface area contributed by atoms with Gasteiger partial charge in [-0.2, -0.15) is 0 Å². The van der Waals surface area contributed by atoms with E-state index in [0.717, 1.165) is 5.56 Å². The highest BCUT2D eigenvalue weighted by Gasteiger charge is 2.33. The van der Waals surface area contributed by atoms with Crippen LogP contribution in [0.3, 0.4) is 0 Å². The lowest BCUT2D eigenvalue weighted by atomic mass is 10.0. The summed E-state index contributed by atoms with van der Waals surface area (Å²) in [5, 5.41) is 0. The van der Waals surface area contributed by atoms with Crippen LogP contribution in [-0.4, -0.2) is 14.2 Å². The second kappa shape index (κ2) is 3.73. The molecule has 1 aromatic rings. The second-order valence-electron chi connectivity index (χ2n) is 3.78. The summed E-state index contributed by atoms with van der Waals surface area (Å²) in [6.45, 7) is 5.18. The van der Waals surface area contributed by atoms with Crippen molar-refractivity contribution in [2.45, 2.75) is 25.5 Å². The average Bonchev–Trinajstić information content (AvgIpc) is 2.19. The van der Waals surface area contributed by atoms with E-state index in [1.807, 2.05) is 30.3 Å². The lowest BCUT2D eigenvalue weighted by molar-refractivity contribution is 0.556. The van der Waals surface area contributed by atoms with Crippen LogP contribution in [0, 0.1) is 0 Å². The summed E-state index contributed by atoms with van der Waals surface area (Å²) in [5.74, 6) is 0.175. The summed E-state index contributed by atoms with van der Waals surface area (Å²) in [4.78, 5) is 0. The van der Waals surface area contributed by atoms with Crippen molar-refractivity contribution in [1.82, 2.24) is 0 Å². The van der Waals surface area contributed by atoms with Gasteiger partial charge < -0.3 is 0 Å². The van der Waals surface area contributed by atoms with Crippen LogP contribution in [-0.2, 0) is 14.6 Å². The molecule has 0 radical (unpaired) electrons. The molecule has 0 atom stereocenters. The molecule has 14 heavy (non-hydrogen) atoms. The van der Waals surface area contributed by atoms with Gasteiger partial charge in [-0.25, -0.2) is 8.42 Å². The van der Waals surface area contributed by atoms with Gasteiger partial charge in [0.05, 0.1) is 4.75 Å². The Kier molecular flexibility index (Phi) is 3.00. The Morgan fingerprint density at radius 3 is 2.07 bits per heavy atom. The largest absolute Gasteiger partial charge is 0.228 e. The van der Waals surface area contributed by atoms with Crippen LogP contribution in [0.5, 0.6) is 0 Å². The molecular weight excluding hydrogens is 196 g/mol. The summed E-state index contributed by atoms with van der Waals surface area (Å²) in [6, 6.07) is 9.32. The molecule has 0 bridgehead atoms. The fraction of sp³-hybridized carbons (Fsp3) is 0.455. The molecule has 0 aromatic heterocycles. The fourth-order valence-electron chi connectivity index (χ4n) is 1.38. The van der Waals surface area contributed by atoms with Crippen LogP contribution in [0.25, 0.3) is 0 Å². The number of hydrogen-bond donors (Lipinski definition) is 0. The van der Waals surface area contributed by atoms with Gasteiger partial charge in [-0.05, 0) is 19.4 Å². The van der Waals surface area contributed by atoms with E-state index in [1.165, 1.54) is 0 Å². The zero-order chi connectivity index (χ0) is 10.8. The summed E-state index contributed by atoms with van der Waals surface area (Å²) < 4.78 is 22.9. The molecule has 0 aliphatic carbocycles. The van der Waals surface area contributed by atoms with Crippen LogP contribution in [0.1, 0.15) is 26.3 Å². The molecule has 0 aliphatic rings. The van der Waals surface area contributed by atoms with Gasteiger partial charge in [-0.3, -0.25) is 0 Å². The minimum Gasteiger partial charge on any atom is -0.228 e. The first kappa shape index (κ1) is 11.2. The van der Waals surface area contributed by atoms with Crippen molar-refractivity contribution >= 4 is 9.84 Å². The van der Waals surface area contributed by atoms with E-state index in [4.69, 9.17) is 0 Å². The Morgan fingerprint density at radius 2 is 1.64 bits per heavy atom. The molecule has 1 aromatic carbocycles. The lowest BCUT2D eigenvalue weighted by Gasteiger charge is -2.24. The van der Waals surface area contributed by atoms with E-state index in [9.17, 15) is 8.42 Å². The minimum atomic E-state index is -3.05. The van der Waals surface area contributed by atoms with Crippen molar-refractivity contribution in [3.8, 4) is 0 Å². The zero-order valence-corrected chi connectivity index (χ0v) is 9.64. The molecule has 0 fully saturated rings. The minimum absolute atomic E-state index is 0.175. The summed E-state index contributed by atoms with van der Waals surface area (Å²) in [6.07, 6.45) is 0.